The van der Waals surface area contributed by atoms with E-state index in [1.165, 1.54) is 0 Å². The summed E-state index contributed by atoms with van der Waals surface area (Å²) in [5.74, 6) is 1.76. The number of anilines is 1. The molecule has 0 saturated carbocycles. The largest absolute Gasteiger partial charge is 0.497 e. The van der Waals surface area contributed by atoms with Crippen LogP contribution in [0.1, 0.15) is 16.1 Å². The minimum Gasteiger partial charge on any atom is -0.497 e. The summed E-state index contributed by atoms with van der Waals surface area (Å²) in [5, 5.41) is 3.60. The van der Waals surface area contributed by atoms with Crippen molar-refractivity contribution in [1.29, 1.82) is 0 Å². The van der Waals surface area contributed by atoms with Gasteiger partial charge in [-0.05, 0) is 49.4 Å². The first kappa shape index (κ1) is 15.0. The molecule has 3 aromatic rings. The number of aryl methyl sites for hydroxylation is 1. The molecule has 1 aromatic heterocycles. The number of amides is 1. The minimum atomic E-state index is -0.223. The monoisotopic (exact) mass is 311 g/mol. The summed E-state index contributed by atoms with van der Waals surface area (Å²) in [7, 11) is 3.19. The number of fused-ring (bicyclic) bond motifs is 1. The molecule has 1 amide bonds. The maximum absolute atomic E-state index is 12.6. The topological polar surface area (TPSA) is 60.7 Å². The Kier molecular flexibility index (Phi) is 3.93. The smallest absolute Gasteiger partial charge is 0.259 e. The molecule has 1 N–H and O–H groups in total. The predicted molar refractivity (Wildman–Crippen MR) is 88.5 cm³/mol. The maximum atomic E-state index is 12.6. The van der Waals surface area contributed by atoms with E-state index < -0.39 is 0 Å². The normalized spacial score (nSPS) is 10.6. The maximum Gasteiger partial charge on any atom is 0.259 e. The predicted octanol–water partition coefficient (Wildman–Crippen LogP) is 4.01. The van der Waals surface area contributed by atoms with Gasteiger partial charge in [0.2, 0.25) is 0 Å². The Labute approximate surface area is 133 Å². The number of nitrogens with one attached hydrogen (secondary N) is 1. The van der Waals surface area contributed by atoms with Crippen LogP contribution < -0.4 is 14.8 Å². The highest BCUT2D eigenvalue weighted by Crippen LogP contribution is 2.29. The van der Waals surface area contributed by atoms with E-state index >= 15 is 0 Å². The second-order valence-corrected chi connectivity index (χ2v) is 5.08. The number of methoxy groups -OCH3 is 2. The van der Waals surface area contributed by atoms with Crippen LogP contribution in [0.15, 0.2) is 46.9 Å². The molecule has 2 aromatic carbocycles. The average molecular weight is 311 g/mol. The van der Waals surface area contributed by atoms with Gasteiger partial charge in [-0.3, -0.25) is 4.79 Å². The van der Waals surface area contributed by atoms with Crippen LogP contribution in [0.3, 0.4) is 0 Å². The van der Waals surface area contributed by atoms with Crippen molar-refractivity contribution in [3.05, 3.63) is 53.8 Å². The Bertz CT molecular complexity index is 849. The van der Waals surface area contributed by atoms with Crippen molar-refractivity contribution in [2.45, 2.75) is 6.92 Å². The fraction of sp³-hybridized carbons (Fsp3) is 0.167. The number of ether oxygens (including phenoxy) is 2. The molecule has 0 aliphatic carbocycles. The Morgan fingerprint density at radius 2 is 1.65 bits per heavy atom. The molecule has 0 aliphatic heterocycles. The molecule has 0 radical (unpaired) electrons. The molecular weight excluding hydrogens is 294 g/mol. The van der Waals surface area contributed by atoms with Crippen LogP contribution in [0.2, 0.25) is 0 Å². The lowest BCUT2D eigenvalue weighted by molar-refractivity contribution is 0.102. The van der Waals surface area contributed by atoms with Crippen molar-refractivity contribution < 1.29 is 18.7 Å². The van der Waals surface area contributed by atoms with E-state index in [2.05, 4.69) is 5.32 Å². The summed E-state index contributed by atoms with van der Waals surface area (Å²) in [6, 6.07) is 12.6. The van der Waals surface area contributed by atoms with Crippen molar-refractivity contribution in [3.8, 4) is 11.5 Å². The van der Waals surface area contributed by atoms with E-state index in [9.17, 15) is 4.79 Å². The third-order valence-corrected chi connectivity index (χ3v) is 3.65. The van der Waals surface area contributed by atoms with Crippen LogP contribution in [-0.2, 0) is 0 Å². The molecule has 1 heterocycles. The van der Waals surface area contributed by atoms with Gasteiger partial charge in [-0.2, -0.15) is 0 Å². The van der Waals surface area contributed by atoms with Crippen LogP contribution in [0, 0.1) is 6.92 Å². The van der Waals surface area contributed by atoms with Gasteiger partial charge in [-0.15, -0.1) is 0 Å². The van der Waals surface area contributed by atoms with Gasteiger partial charge in [0.15, 0.2) is 0 Å². The zero-order valence-electron chi connectivity index (χ0n) is 13.2. The highest BCUT2D eigenvalue weighted by Gasteiger charge is 2.19. The first-order valence-corrected chi connectivity index (χ1v) is 7.15. The van der Waals surface area contributed by atoms with E-state index in [4.69, 9.17) is 13.9 Å². The zero-order valence-corrected chi connectivity index (χ0v) is 13.2. The average Bonchev–Trinajstić information content (AvgIpc) is 2.90. The summed E-state index contributed by atoms with van der Waals surface area (Å²) < 4.78 is 16.0. The van der Waals surface area contributed by atoms with Crippen LogP contribution in [0.25, 0.3) is 11.0 Å². The van der Waals surface area contributed by atoms with Gasteiger partial charge < -0.3 is 19.2 Å². The highest BCUT2D eigenvalue weighted by atomic mass is 16.5. The van der Waals surface area contributed by atoms with Crippen molar-refractivity contribution in [2.75, 3.05) is 19.5 Å². The third-order valence-electron chi connectivity index (χ3n) is 3.65. The molecule has 5 nitrogen and oxygen atoms in total. The second kappa shape index (κ2) is 6.04. The van der Waals surface area contributed by atoms with E-state index in [-0.39, 0.29) is 5.91 Å². The molecule has 118 valence electrons. The first-order valence-electron chi connectivity index (χ1n) is 7.15. The molecule has 0 bridgehead atoms. The second-order valence-electron chi connectivity index (χ2n) is 5.08. The van der Waals surface area contributed by atoms with Crippen molar-refractivity contribution >= 4 is 22.6 Å². The number of carbonyl (C=O) groups is 1. The van der Waals surface area contributed by atoms with Crippen molar-refractivity contribution in [3.63, 3.8) is 0 Å². The van der Waals surface area contributed by atoms with Crippen LogP contribution >= 0.6 is 0 Å². The lowest BCUT2D eigenvalue weighted by Crippen LogP contribution is -2.12. The zero-order chi connectivity index (χ0) is 16.4. The molecule has 0 spiro atoms. The summed E-state index contributed by atoms with van der Waals surface area (Å²) in [6.07, 6.45) is 0. The van der Waals surface area contributed by atoms with Gasteiger partial charge in [0.25, 0.3) is 5.91 Å². The third kappa shape index (κ3) is 2.85. The van der Waals surface area contributed by atoms with E-state index in [1.807, 2.05) is 0 Å². The molecule has 0 saturated heterocycles. The summed E-state index contributed by atoms with van der Waals surface area (Å²) in [6.45, 7) is 1.77. The van der Waals surface area contributed by atoms with Gasteiger partial charge in [-0.1, -0.05) is 0 Å². The highest BCUT2D eigenvalue weighted by molar-refractivity contribution is 6.13. The van der Waals surface area contributed by atoms with Gasteiger partial charge in [0, 0.05) is 11.1 Å². The number of benzene rings is 2. The fourth-order valence-electron chi connectivity index (χ4n) is 2.48. The Morgan fingerprint density at radius 3 is 2.30 bits per heavy atom. The number of rotatable bonds is 4. The molecule has 5 heteroatoms. The number of furan rings is 1. The van der Waals surface area contributed by atoms with E-state index in [1.54, 1.807) is 63.6 Å². The fourth-order valence-corrected chi connectivity index (χ4v) is 2.48. The molecule has 0 fully saturated rings. The number of carbonyl (C=O) groups excluding carboxylic acids is 1. The van der Waals surface area contributed by atoms with Crippen LogP contribution in [0.4, 0.5) is 5.69 Å². The Morgan fingerprint density at radius 1 is 1.00 bits per heavy atom. The van der Waals surface area contributed by atoms with Gasteiger partial charge in [-0.25, -0.2) is 0 Å². The molecule has 0 aliphatic rings. The Hall–Kier alpha value is -2.95. The van der Waals surface area contributed by atoms with Crippen molar-refractivity contribution in [2.24, 2.45) is 0 Å². The minimum absolute atomic E-state index is 0.223. The molecule has 3 rings (SSSR count). The lowest BCUT2D eigenvalue weighted by Gasteiger charge is -2.06. The Balaban J connectivity index is 1.94. The number of hydrogen-bond donors (Lipinski definition) is 1. The molecule has 0 atom stereocenters. The molecular formula is C18H17NO4. The van der Waals surface area contributed by atoms with Gasteiger partial charge in [0.05, 0.1) is 19.8 Å². The van der Waals surface area contributed by atoms with E-state index in [0.29, 0.717) is 28.3 Å². The van der Waals surface area contributed by atoms with Crippen molar-refractivity contribution in [1.82, 2.24) is 0 Å². The molecule has 0 unspecified atom stereocenters. The summed E-state index contributed by atoms with van der Waals surface area (Å²) >= 11 is 0. The van der Waals surface area contributed by atoms with Gasteiger partial charge in [0.1, 0.15) is 22.8 Å². The van der Waals surface area contributed by atoms with E-state index in [0.717, 1.165) is 11.1 Å². The summed E-state index contributed by atoms with van der Waals surface area (Å²) in [5.41, 5.74) is 1.85. The quantitative estimate of drug-likeness (QED) is 0.791. The number of hydrogen-bond acceptors (Lipinski definition) is 4. The summed E-state index contributed by atoms with van der Waals surface area (Å²) in [4.78, 5) is 12.6. The van der Waals surface area contributed by atoms with Crippen LogP contribution in [0.5, 0.6) is 11.5 Å². The SMILES string of the molecule is COc1ccc(NC(=O)c2c(C)oc3ccc(OC)cc23)cc1. The standard InChI is InChI=1S/C18H17NO4/c1-11-17(15-10-14(22-3)8-9-16(15)23-11)18(20)19-12-4-6-13(21-2)7-5-12/h4-10H,1-3H3,(H,19,20). The first-order chi connectivity index (χ1) is 11.1. The van der Waals surface area contributed by atoms with Crippen LogP contribution in [-0.4, -0.2) is 20.1 Å². The van der Waals surface area contributed by atoms with Gasteiger partial charge >= 0.3 is 0 Å². The lowest BCUT2D eigenvalue weighted by atomic mass is 10.1. The molecule has 23 heavy (non-hydrogen) atoms.